The highest BCUT2D eigenvalue weighted by molar-refractivity contribution is 7.89. The summed E-state index contributed by atoms with van der Waals surface area (Å²) in [5.41, 5.74) is 3.17. The third-order valence-corrected chi connectivity index (χ3v) is 5.50. The maximum Gasteiger partial charge on any atom is 0.278 e. The second-order valence-electron chi connectivity index (χ2n) is 5.74. The van der Waals surface area contributed by atoms with Crippen LogP contribution in [0.2, 0.25) is 0 Å². The molecular weight excluding hydrogens is 352 g/mol. The fraction of sp³-hybridized carbons (Fsp3) is 0.176. The number of sulfonamides is 1. The zero-order chi connectivity index (χ0) is 18.7. The van der Waals surface area contributed by atoms with Crippen LogP contribution < -0.4 is 0 Å². The fourth-order valence-corrected chi connectivity index (χ4v) is 3.34. The molecule has 0 aliphatic heterocycles. The van der Waals surface area contributed by atoms with Crippen molar-refractivity contribution in [3.63, 3.8) is 0 Å². The molecule has 9 heteroatoms. The molecule has 0 radical (unpaired) electrons. The van der Waals surface area contributed by atoms with Gasteiger partial charge in [0.1, 0.15) is 6.33 Å². The lowest BCUT2D eigenvalue weighted by Crippen LogP contribution is -2.23. The summed E-state index contributed by atoms with van der Waals surface area (Å²) in [6.07, 6.45) is 1.50. The van der Waals surface area contributed by atoms with Crippen LogP contribution >= 0.6 is 0 Å². The number of rotatable bonds is 5. The van der Waals surface area contributed by atoms with Gasteiger partial charge >= 0.3 is 0 Å². The van der Waals surface area contributed by atoms with Crippen molar-refractivity contribution in [1.82, 2.24) is 24.6 Å². The van der Waals surface area contributed by atoms with E-state index in [9.17, 15) is 8.42 Å². The molecule has 1 heterocycles. The molecule has 0 N–H and O–H groups in total. The van der Waals surface area contributed by atoms with Crippen molar-refractivity contribution in [2.75, 3.05) is 7.05 Å². The Kier molecular flexibility index (Phi) is 4.81. The van der Waals surface area contributed by atoms with E-state index in [0.29, 0.717) is 5.71 Å². The van der Waals surface area contributed by atoms with Crippen LogP contribution in [0, 0.1) is 6.92 Å². The van der Waals surface area contributed by atoms with Gasteiger partial charge in [0, 0.05) is 7.05 Å². The SMILES string of the molecule is CC(=NN(C)S(=O)(=O)c1ccc(C)cc1)c1ccc(-n2cnnn2)cc1. The molecule has 0 amide bonds. The predicted octanol–water partition coefficient (Wildman–Crippen LogP) is 2.02. The quantitative estimate of drug-likeness (QED) is 0.506. The van der Waals surface area contributed by atoms with Crippen LogP contribution in [-0.2, 0) is 10.0 Å². The van der Waals surface area contributed by atoms with E-state index in [1.54, 1.807) is 31.2 Å². The topological polar surface area (TPSA) is 93.3 Å². The first-order valence-electron chi connectivity index (χ1n) is 7.82. The second-order valence-corrected chi connectivity index (χ2v) is 7.69. The Bertz CT molecular complexity index is 1010. The van der Waals surface area contributed by atoms with Gasteiger partial charge in [-0.05, 0) is 54.1 Å². The van der Waals surface area contributed by atoms with Crippen LogP contribution in [0.25, 0.3) is 5.69 Å². The van der Waals surface area contributed by atoms with E-state index in [1.807, 2.05) is 31.2 Å². The molecule has 0 aliphatic rings. The molecule has 0 bridgehead atoms. The molecule has 0 saturated heterocycles. The highest BCUT2D eigenvalue weighted by Crippen LogP contribution is 2.16. The van der Waals surface area contributed by atoms with Gasteiger partial charge in [0.05, 0.1) is 16.3 Å². The van der Waals surface area contributed by atoms with E-state index in [1.165, 1.54) is 18.1 Å². The van der Waals surface area contributed by atoms with Gasteiger partial charge in [-0.15, -0.1) is 5.10 Å². The molecule has 2 aromatic carbocycles. The smallest absolute Gasteiger partial charge is 0.201 e. The van der Waals surface area contributed by atoms with Crippen molar-refractivity contribution in [3.05, 3.63) is 66.0 Å². The number of hydrogen-bond donors (Lipinski definition) is 0. The Labute approximate surface area is 151 Å². The minimum absolute atomic E-state index is 0.205. The number of benzene rings is 2. The second kappa shape index (κ2) is 7.04. The largest absolute Gasteiger partial charge is 0.278 e. The summed E-state index contributed by atoms with van der Waals surface area (Å²) in [6.45, 7) is 3.66. The van der Waals surface area contributed by atoms with Crippen molar-refractivity contribution < 1.29 is 8.42 Å². The molecule has 3 rings (SSSR count). The van der Waals surface area contributed by atoms with Crippen LogP contribution in [-0.4, -0.2) is 45.8 Å². The number of nitrogens with zero attached hydrogens (tertiary/aromatic N) is 6. The lowest BCUT2D eigenvalue weighted by atomic mass is 10.1. The van der Waals surface area contributed by atoms with E-state index in [0.717, 1.165) is 21.2 Å². The Hall–Kier alpha value is -3.07. The van der Waals surface area contributed by atoms with E-state index in [2.05, 4.69) is 20.6 Å². The number of aromatic nitrogens is 4. The van der Waals surface area contributed by atoms with Gasteiger partial charge in [-0.25, -0.2) is 4.68 Å². The van der Waals surface area contributed by atoms with E-state index < -0.39 is 10.0 Å². The molecule has 0 aliphatic carbocycles. The summed E-state index contributed by atoms with van der Waals surface area (Å²) in [7, 11) is -2.26. The first kappa shape index (κ1) is 17.7. The van der Waals surface area contributed by atoms with Gasteiger partial charge in [-0.1, -0.05) is 29.8 Å². The summed E-state index contributed by atoms with van der Waals surface area (Å²) in [5.74, 6) is 0. The number of hydrogen-bond acceptors (Lipinski definition) is 6. The Morgan fingerprint density at radius 1 is 1.08 bits per heavy atom. The average molecular weight is 370 g/mol. The van der Waals surface area contributed by atoms with E-state index >= 15 is 0 Å². The molecule has 0 atom stereocenters. The minimum Gasteiger partial charge on any atom is -0.201 e. The standard InChI is InChI=1S/C17H18N6O2S/c1-13-4-10-17(11-5-13)26(24,25)22(3)19-14(2)15-6-8-16(9-7-15)23-12-18-20-21-23/h4-12H,1-3H3. The fourth-order valence-electron chi connectivity index (χ4n) is 2.32. The predicted molar refractivity (Wildman–Crippen MR) is 97.5 cm³/mol. The van der Waals surface area contributed by atoms with Crippen molar-refractivity contribution in [2.24, 2.45) is 5.10 Å². The molecule has 134 valence electrons. The molecule has 1 aromatic heterocycles. The first-order chi connectivity index (χ1) is 12.4. The van der Waals surface area contributed by atoms with Crippen molar-refractivity contribution >= 4 is 15.7 Å². The normalized spacial score (nSPS) is 12.2. The van der Waals surface area contributed by atoms with Gasteiger partial charge < -0.3 is 0 Å². The summed E-state index contributed by atoms with van der Waals surface area (Å²) < 4.78 is 27.7. The van der Waals surface area contributed by atoms with Crippen LogP contribution in [0.15, 0.2) is 64.9 Å². The highest BCUT2D eigenvalue weighted by Gasteiger charge is 2.19. The van der Waals surface area contributed by atoms with Crippen molar-refractivity contribution in [3.8, 4) is 5.69 Å². The van der Waals surface area contributed by atoms with Crippen LogP contribution in [0.3, 0.4) is 0 Å². The molecular formula is C17H18N6O2S. The zero-order valence-corrected chi connectivity index (χ0v) is 15.4. The summed E-state index contributed by atoms with van der Waals surface area (Å²) >= 11 is 0. The number of aryl methyl sites for hydroxylation is 1. The zero-order valence-electron chi connectivity index (χ0n) is 14.6. The lowest BCUT2D eigenvalue weighted by Gasteiger charge is -2.15. The number of hydrazone groups is 1. The maximum absolute atomic E-state index is 12.6. The van der Waals surface area contributed by atoms with E-state index in [-0.39, 0.29) is 4.90 Å². The molecule has 3 aromatic rings. The Balaban J connectivity index is 1.83. The first-order valence-corrected chi connectivity index (χ1v) is 9.26. The van der Waals surface area contributed by atoms with Gasteiger partial charge in [-0.3, -0.25) is 0 Å². The minimum atomic E-state index is -3.69. The molecule has 0 unspecified atom stereocenters. The van der Waals surface area contributed by atoms with Crippen molar-refractivity contribution in [2.45, 2.75) is 18.7 Å². The summed E-state index contributed by atoms with van der Waals surface area (Å²) in [4.78, 5) is 0.205. The average Bonchev–Trinajstić information content (AvgIpc) is 3.17. The van der Waals surface area contributed by atoms with E-state index in [4.69, 9.17) is 0 Å². The van der Waals surface area contributed by atoms with Gasteiger partial charge in [0.2, 0.25) is 0 Å². The third-order valence-electron chi connectivity index (χ3n) is 3.86. The summed E-state index contributed by atoms with van der Waals surface area (Å²) in [6, 6.07) is 14.0. The van der Waals surface area contributed by atoms with Gasteiger partial charge in [0.15, 0.2) is 0 Å². The number of tetrazole rings is 1. The molecule has 0 saturated carbocycles. The van der Waals surface area contributed by atoms with Gasteiger partial charge in [0.25, 0.3) is 10.0 Å². The molecule has 0 fully saturated rings. The van der Waals surface area contributed by atoms with Crippen molar-refractivity contribution in [1.29, 1.82) is 0 Å². The lowest BCUT2D eigenvalue weighted by molar-refractivity contribution is 0.489. The molecule has 8 nitrogen and oxygen atoms in total. The van der Waals surface area contributed by atoms with Gasteiger partial charge in [-0.2, -0.15) is 17.9 Å². The Morgan fingerprint density at radius 2 is 1.73 bits per heavy atom. The van der Waals surface area contributed by atoms with Crippen LogP contribution in [0.4, 0.5) is 0 Å². The van der Waals surface area contributed by atoms with Crippen LogP contribution in [0.5, 0.6) is 0 Å². The molecule has 0 spiro atoms. The molecule has 26 heavy (non-hydrogen) atoms. The van der Waals surface area contributed by atoms with Crippen LogP contribution in [0.1, 0.15) is 18.1 Å². The maximum atomic E-state index is 12.6. The Morgan fingerprint density at radius 3 is 2.31 bits per heavy atom. The monoisotopic (exact) mass is 370 g/mol. The highest BCUT2D eigenvalue weighted by atomic mass is 32.2. The third kappa shape index (κ3) is 3.62. The summed E-state index contributed by atoms with van der Waals surface area (Å²) in [5, 5.41) is 15.2.